The molecular formula is C14H11FN2. The number of nitrogens with zero attached hydrogens (tertiary/aromatic N) is 1. The molecule has 0 spiro atoms. The van der Waals surface area contributed by atoms with Gasteiger partial charge in [-0.3, -0.25) is 0 Å². The van der Waals surface area contributed by atoms with Gasteiger partial charge in [-0.2, -0.15) is 0 Å². The molecule has 3 rings (SSSR count). The van der Waals surface area contributed by atoms with Crippen molar-refractivity contribution < 1.29 is 4.39 Å². The number of aryl methyl sites for hydroxylation is 1. The number of H-pyrrole nitrogens is 1. The standard InChI is InChI=1S/C14H11FN2/c1-9-2-4-10(5-3-9)13-7-11-6-12(15)8-16-14(11)17-13/h2-8H,1H3,(H,16,17). The van der Waals surface area contributed by atoms with E-state index in [1.54, 1.807) is 0 Å². The van der Waals surface area contributed by atoms with Gasteiger partial charge in [0.15, 0.2) is 0 Å². The van der Waals surface area contributed by atoms with Gasteiger partial charge >= 0.3 is 0 Å². The Kier molecular flexibility index (Phi) is 2.18. The third-order valence-electron chi connectivity index (χ3n) is 2.80. The van der Waals surface area contributed by atoms with Crippen molar-refractivity contribution >= 4 is 11.0 Å². The molecule has 2 aromatic heterocycles. The van der Waals surface area contributed by atoms with Gasteiger partial charge in [-0.1, -0.05) is 29.8 Å². The Hall–Kier alpha value is -2.16. The van der Waals surface area contributed by atoms with Crippen LogP contribution in [-0.4, -0.2) is 9.97 Å². The van der Waals surface area contributed by atoms with E-state index >= 15 is 0 Å². The van der Waals surface area contributed by atoms with Crippen LogP contribution in [-0.2, 0) is 0 Å². The Balaban J connectivity index is 2.14. The van der Waals surface area contributed by atoms with Gasteiger partial charge in [-0.25, -0.2) is 9.37 Å². The SMILES string of the molecule is Cc1ccc(-c2cc3cc(F)cnc3[nH]2)cc1. The molecule has 0 unspecified atom stereocenters. The van der Waals surface area contributed by atoms with E-state index < -0.39 is 0 Å². The van der Waals surface area contributed by atoms with E-state index in [4.69, 9.17) is 0 Å². The lowest BCUT2D eigenvalue weighted by Gasteiger charge is -1.97. The van der Waals surface area contributed by atoms with Crippen LogP contribution in [0.2, 0.25) is 0 Å². The summed E-state index contributed by atoms with van der Waals surface area (Å²) in [6, 6.07) is 11.6. The Morgan fingerprint density at radius 3 is 2.65 bits per heavy atom. The molecule has 0 aliphatic heterocycles. The summed E-state index contributed by atoms with van der Waals surface area (Å²) >= 11 is 0. The van der Waals surface area contributed by atoms with Crippen LogP contribution in [0.1, 0.15) is 5.56 Å². The van der Waals surface area contributed by atoms with Crippen LogP contribution >= 0.6 is 0 Å². The van der Waals surface area contributed by atoms with Gasteiger partial charge in [0.25, 0.3) is 0 Å². The maximum absolute atomic E-state index is 13.0. The minimum Gasteiger partial charge on any atom is -0.339 e. The van der Waals surface area contributed by atoms with E-state index in [2.05, 4.69) is 22.1 Å². The molecular weight excluding hydrogens is 215 g/mol. The molecule has 0 atom stereocenters. The second kappa shape index (κ2) is 3.70. The minimum absolute atomic E-state index is 0.313. The summed E-state index contributed by atoms with van der Waals surface area (Å²) in [4.78, 5) is 7.19. The van der Waals surface area contributed by atoms with Crippen molar-refractivity contribution in [2.75, 3.05) is 0 Å². The molecule has 0 fully saturated rings. The van der Waals surface area contributed by atoms with Crippen LogP contribution < -0.4 is 0 Å². The van der Waals surface area contributed by atoms with Crippen molar-refractivity contribution in [3.8, 4) is 11.3 Å². The summed E-state index contributed by atoms with van der Waals surface area (Å²) in [5, 5.41) is 0.792. The number of benzene rings is 1. The number of aromatic nitrogens is 2. The number of rotatable bonds is 1. The van der Waals surface area contributed by atoms with Crippen LogP contribution in [0.3, 0.4) is 0 Å². The summed E-state index contributed by atoms with van der Waals surface area (Å²) in [5.41, 5.74) is 3.96. The van der Waals surface area contributed by atoms with Crippen molar-refractivity contribution in [2.45, 2.75) is 6.92 Å². The first-order chi connectivity index (χ1) is 8.22. The lowest BCUT2D eigenvalue weighted by molar-refractivity contribution is 0.624. The number of fused-ring (bicyclic) bond motifs is 1. The second-order valence-electron chi connectivity index (χ2n) is 4.14. The Labute approximate surface area is 98.1 Å². The lowest BCUT2D eigenvalue weighted by atomic mass is 10.1. The molecule has 2 heterocycles. The predicted molar refractivity (Wildman–Crippen MR) is 66.2 cm³/mol. The van der Waals surface area contributed by atoms with Crippen molar-refractivity contribution in [1.29, 1.82) is 0 Å². The van der Waals surface area contributed by atoms with Gasteiger partial charge in [-0.15, -0.1) is 0 Å². The summed E-state index contributed by atoms with van der Waals surface area (Å²) < 4.78 is 13.0. The molecule has 17 heavy (non-hydrogen) atoms. The molecule has 0 radical (unpaired) electrons. The van der Waals surface area contributed by atoms with Gasteiger partial charge in [0.2, 0.25) is 0 Å². The highest BCUT2D eigenvalue weighted by molar-refractivity contribution is 5.82. The van der Waals surface area contributed by atoms with Crippen molar-refractivity contribution in [3.63, 3.8) is 0 Å². The topological polar surface area (TPSA) is 28.7 Å². The minimum atomic E-state index is -0.313. The highest BCUT2D eigenvalue weighted by Gasteiger charge is 2.04. The average Bonchev–Trinajstić information content (AvgIpc) is 2.72. The second-order valence-corrected chi connectivity index (χ2v) is 4.14. The highest BCUT2D eigenvalue weighted by Crippen LogP contribution is 2.23. The van der Waals surface area contributed by atoms with Crippen LogP contribution in [0, 0.1) is 12.7 Å². The average molecular weight is 226 g/mol. The Morgan fingerprint density at radius 1 is 1.12 bits per heavy atom. The van der Waals surface area contributed by atoms with Crippen LogP contribution in [0.5, 0.6) is 0 Å². The molecule has 0 saturated carbocycles. The van der Waals surface area contributed by atoms with Crippen LogP contribution in [0.4, 0.5) is 4.39 Å². The predicted octanol–water partition coefficient (Wildman–Crippen LogP) is 3.68. The van der Waals surface area contributed by atoms with Gasteiger partial charge in [0, 0.05) is 11.1 Å². The van der Waals surface area contributed by atoms with Gasteiger partial charge in [0.1, 0.15) is 11.5 Å². The zero-order valence-electron chi connectivity index (χ0n) is 9.37. The molecule has 0 bridgehead atoms. The number of nitrogens with one attached hydrogen (secondary N) is 1. The molecule has 2 nitrogen and oxygen atoms in total. The normalized spacial score (nSPS) is 10.9. The fourth-order valence-corrected chi connectivity index (χ4v) is 1.88. The lowest BCUT2D eigenvalue weighted by Crippen LogP contribution is -1.79. The van der Waals surface area contributed by atoms with E-state index in [-0.39, 0.29) is 5.82 Å². The van der Waals surface area contributed by atoms with Crippen molar-refractivity contribution in [2.24, 2.45) is 0 Å². The van der Waals surface area contributed by atoms with E-state index in [9.17, 15) is 4.39 Å². The van der Waals surface area contributed by atoms with Gasteiger partial charge in [0.05, 0.1) is 6.20 Å². The zero-order chi connectivity index (χ0) is 11.8. The van der Waals surface area contributed by atoms with E-state index in [1.807, 2.05) is 25.1 Å². The zero-order valence-corrected chi connectivity index (χ0v) is 9.37. The van der Waals surface area contributed by atoms with Crippen LogP contribution in [0.25, 0.3) is 22.3 Å². The van der Waals surface area contributed by atoms with E-state index in [0.29, 0.717) is 5.65 Å². The highest BCUT2D eigenvalue weighted by atomic mass is 19.1. The Morgan fingerprint density at radius 2 is 1.88 bits per heavy atom. The fourth-order valence-electron chi connectivity index (χ4n) is 1.88. The summed E-state index contributed by atoms with van der Waals surface area (Å²) in [5.74, 6) is -0.313. The van der Waals surface area contributed by atoms with Crippen LogP contribution in [0.15, 0.2) is 42.6 Å². The molecule has 1 N–H and O–H groups in total. The maximum atomic E-state index is 13.0. The molecule has 0 aliphatic carbocycles. The molecule has 3 heteroatoms. The van der Waals surface area contributed by atoms with Crippen molar-refractivity contribution in [3.05, 3.63) is 54.0 Å². The van der Waals surface area contributed by atoms with Gasteiger partial charge < -0.3 is 4.98 Å². The first-order valence-corrected chi connectivity index (χ1v) is 5.44. The Bertz CT molecular complexity index is 668. The first-order valence-electron chi connectivity index (χ1n) is 5.44. The maximum Gasteiger partial charge on any atom is 0.142 e. The van der Waals surface area contributed by atoms with E-state index in [1.165, 1.54) is 17.8 Å². The smallest absolute Gasteiger partial charge is 0.142 e. The molecule has 0 amide bonds. The van der Waals surface area contributed by atoms with E-state index in [0.717, 1.165) is 16.6 Å². The molecule has 0 aliphatic rings. The summed E-state index contributed by atoms with van der Waals surface area (Å²) in [6.45, 7) is 2.05. The monoisotopic (exact) mass is 226 g/mol. The third-order valence-corrected chi connectivity index (χ3v) is 2.80. The third kappa shape index (κ3) is 1.80. The molecule has 3 aromatic rings. The fraction of sp³-hybridized carbons (Fsp3) is 0.0714. The summed E-state index contributed by atoms with van der Waals surface area (Å²) in [7, 11) is 0. The number of hydrogen-bond donors (Lipinski definition) is 1. The molecule has 0 saturated heterocycles. The van der Waals surface area contributed by atoms with Crippen molar-refractivity contribution in [1.82, 2.24) is 9.97 Å². The van der Waals surface area contributed by atoms with Gasteiger partial charge in [-0.05, 0) is 24.6 Å². The molecule has 84 valence electrons. The summed E-state index contributed by atoms with van der Waals surface area (Å²) in [6.07, 6.45) is 1.22. The first kappa shape index (κ1) is 10.0. The molecule has 1 aromatic carbocycles. The number of pyridine rings is 1. The largest absolute Gasteiger partial charge is 0.339 e. The number of halogens is 1. The quantitative estimate of drug-likeness (QED) is 0.673. The number of aromatic amines is 1. The number of hydrogen-bond acceptors (Lipinski definition) is 1.